The molecule has 0 saturated carbocycles. The van der Waals surface area contributed by atoms with Crippen molar-refractivity contribution in [1.82, 2.24) is 19.1 Å². The molecule has 12 heteroatoms. The van der Waals surface area contributed by atoms with Gasteiger partial charge in [-0.25, -0.2) is 8.42 Å². The molecule has 3 heterocycles. The number of benzene rings is 2. The Balaban J connectivity index is 1.24. The maximum absolute atomic E-state index is 13.3. The smallest absolute Gasteiger partial charge is 0.256 e. The molecule has 2 aliphatic rings. The molecular weight excluding hydrogens is 542 g/mol. The first-order valence-electron chi connectivity index (χ1n) is 13.0. The number of nitrogens with zero attached hydrogens (tertiary/aromatic N) is 4. The number of sulfonamides is 1. The molecule has 2 aromatic carbocycles. The second-order valence-electron chi connectivity index (χ2n) is 9.74. The van der Waals surface area contributed by atoms with E-state index in [2.05, 4.69) is 15.1 Å². The predicted octanol–water partition coefficient (Wildman–Crippen LogP) is 1.76. The predicted molar refractivity (Wildman–Crippen MR) is 151 cm³/mol. The number of hydrogen-bond acceptors (Lipinski definition) is 7. The monoisotopic (exact) mass is 573 g/mol. The number of hydrogen-bond donors (Lipinski definition) is 1. The lowest BCUT2D eigenvalue weighted by Gasteiger charge is -2.36. The van der Waals surface area contributed by atoms with Crippen molar-refractivity contribution in [3.63, 3.8) is 0 Å². The van der Waals surface area contributed by atoms with Crippen LogP contribution < -0.4 is 15.6 Å². The number of aryl methyl sites for hydroxylation is 1. The number of pyridine rings is 1. The molecule has 2 fully saturated rings. The number of carbonyl (C=O) groups excluding carboxylic acids is 1. The number of aromatic nitrogens is 1. The fourth-order valence-corrected chi connectivity index (χ4v) is 6.67. The molecule has 0 spiro atoms. The maximum atomic E-state index is 13.3. The van der Waals surface area contributed by atoms with Gasteiger partial charge in [-0.3, -0.25) is 14.5 Å². The second kappa shape index (κ2) is 11.6. The van der Waals surface area contributed by atoms with Crippen LogP contribution in [0.15, 0.2) is 58.4 Å². The van der Waals surface area contributed by atoms with Gasteiger partial charge in [-0.1, -0.05) is 17.7 Å². The lowest BCUT2D eigenvalue weighted by atomic mass is 10.1. The lowest BCUT2D eigenvalue weighted by Crippen LogP contribution is -2.48. The minimum Gasteiger partial charge on any atom is -0.379 e. The molecule has 0 atom stereocenters. The fourth-order valence-electron chi connectivity index (χ4n) is 5.05. The first-order valence-corrected chi connectivity index (χ1v) is 14.8. The Bertz CT molecular complexity index is 1530. The van der Waals surface area contributed by atoms with Crippen molar-refractivity contribution in [2.24, 2.45) is 7.05 Å². The number of carbonyl (C=O) groups is 1. The number of ether oxygens (including phenoxy) is 1. The Labute approximate surface area is 232 Å². The molecule has 39 heavy (non-hydrogen) atoms. The van der Waals surface area contributed by atoms with Crippen LogP contribution in [0.4, 0.5) is 5.69 Å². The van der Waals surface area contributed by atoms with E-state index in [1.54, 1.807) is 17.7 Å². The van der Waals surface area contributed by atoms with E-state index in [0.717, 1.165) is 31.9 Å². The second-order valence-corrected chi connectivity index (χ2v) is 12.1. The van der Waals surface area contributed by atoms with Crippen LogP contribution in [0.1, 0.15) is 10.4 Å². The summed E-state index contributed by atoms with van der Waals surface area (Å²) in [6.07, 6.45) is 1.50. The SMILES string of the molecule is Cn1cc(C(=O)NCCN2CCN(c3cccc(Cl)c3)CC2)c(=O)c2cc(S(=O)(=O)N3CCOCC3)ccc21. The van der Waals surface area contributed by atoms with E-state index in [1.807, 2.05) is 24.3 Å². The van der Waals surface area contributed by atoms with Crippen LogP contribution in [0.2, 0.25) is 5.02 Å². The Morgan fingerprint density at radius 1 is 1.03 bits per heavy atom. The highest BCUT2D eigenvalue weighted by atomic mass is 35.5. The number of nitrogens with one attached hydrogen (secondary N) is 1. The van der Waals surface area contributed by atoms with Gasteiger partial charge in [0.05, 0.1) is 23.6 Å². The van der Waals surface area contributed by atoms with E-state index in [4.69, 9.17) is 16.3 Å². The van der Waals surface area contributed by atoms with Crippen molar-refractivity contribution in [2.75, 3.05) is 70.5 Å². The molecule has 2 aliphatic heterocycles. The standard InChI is InChI=1S/C27H32ClN5O5S/c1-30-19-24(26(34)23-18-22(5-6-25(23)30)39(36,37)33-13-15-38-16-14-33)27(35)29-7-8-31-9-11-32(12-10-31)21-4-2-3-20(28)17-21/h2-6,17-19H,7-16H2,1H3,(H,29,35). The summed E-state index contributed by atoms with van der Waals surface area (Å²) in [7, 11) is -2.05. The van der Waals surface area contributed by atoms with Crippen LogP contribution in [-0.4, -0.2) is 93.7 Å². The average Bonchev–Trinajstić information content (AvgIpc) is 2.95. The van der Waals surface area contributed by atoms with E-state index < -0.39 is 21.4 Å². The summed E-state index contributed by atoms with van der Waals surface area (Å²) in [4.78, 5) is 30.9. The third-order valence-electron chi connectivity index (χ3n) is 7.27. The summed E-state index contributed by atoms with van der Waals surface area (Å²) in [6.45, 7) is 5.64. The molecular formula is C27H32ClN5O5S. The minimum absolute atomic E-state index is 0.0169. The first-order chi connectivity index (χ1) is 18.7. The zero-order valence-corrected chi connectivity index (χ0v) is 23.4. The van der Waals surface area contributed by atoms with Gasteiger partial charge in [0.2, 0.25) is 15.5 Å². The van der Waals surface area contributed by atoms with Crippen LogP contribution in [0.5, 0.6) is 0 Å². The molecule has 2 saturated heterocycles. The van der Waals surface area contributed by atoms with E-state index in [0.29, 0.717) is 36.8 Å². The van der Waals surface area contributed by atoms with Crippen LogP contribution in [0.25, 0.3) is 10.9 Å². The molecule has 0 bridgehead atoms. The van der Waals surface area contributed by atoms with Crippen molar-refractivity contribution < 1.29 is 17.9 Å². The van der Waals surface area contributed by atoms with Crippen molar-refractivity contribution in [3.8, 4) is 0 Å². The first kappa shape index (κ1) is 27.6. The van der Waals surface area contributed by atoms with Gasteiger partial charge in [-0.15, -0.1) is 0 Å². The molecule has 1 amide bonds. The Morgan fingerprint density at radius 3 is 2.49 bits per heavy atom. The van der Waals surface area contributed by atoms with Crippen LogP contribution in [0.3, 0.4) is 0 Å². The maximum Gasteiger partial charge on any atom is 0.256 e. The van der Waals surface area contributed by atoms with Crippen LogP contribution in [0, 0.1) is 0 Å². The van der Waals surface area contributed by atoms with Crippen molar-refractivity contribution >= 4 is 44.1 Å². The number of fused-ring (bicyclic) bond motifs is 1. The summed E-state index contributed by atoms with van der Waals surface area (Å²) in [6, 6.07) is 12.3. The number of anilines is 1. The molecule has 0 aliphatic carbocycles. The van der Waals surface area contributed by atoms with Gasteiger partial charge in [-0.05, 0) is 36.4 Å². The minimum atomic E-state index is -3.78. The van der Waals surface area contributed by atoms with Gasteiger partial charge >= 0.3 is 0 Å². The molecule has 208 valence electrons. The molecule has 5 rings (SSSR count). The van der Waals surface area contributed by atoms with Gasteiger partial charge in [0, 0.05) is 81.7 Å². The summed E-state index contributed by atoms with van der Waals surface area (Å²) in [5.41, 5.74) is 1.14. The quantitative estimate of drug-likeness (QED) is 0.459. The highest BCUT2D eigenvalue weighted by Crippen LogP contribution is 2.22. The number of rotatable bonds is 7. The highest BCUT2D eigenvalue weighted by molar-refractivity contribution is 7.89. The Hall–Kier alpha value is -2.96. The summed E-state index contributed by atoms with van der Waals surface area (Å²) < 4.78 is 34.5. The van der Waals surface area contributed by atoms with Crippen molar-refractivity contribution in [2.45, 2.75) is 4.90 Å². The van der Waals surface area contributed by atoms with E-state index in [-0.39, 0.29) is 28.9 Å². The van der Waals surface area contributed by atoms with Crippen LogP contribution in [-0.2, 0) is 21.8 Å². The Kier molecular flexibility index (Phi) is 8.24. The summed E-state index contributed by atoms with van der Waals surface area (Å²) in [5, 5.41) is 3.77. The van der Waals surface area contributed by atoms with Crippen molar-refractivity contribution in [1.29, 1.82) is 0 Å². The molecule has 10 nitrogen and oxygen atoms in total. The van der Waals surface area contributed by atoms with Gasteiger partial charge in [-0.2, -0.15) is 4.31 Å². The average molecular weight is 574 g/mol. The van der Waals surface area contributed by atoms with E-state index in [9.17, 15) is 18.0 Å². The van der Waals surface area contributed by atoms with Gasteiger partial charge < -0.3 is 19.5 Å². The number of piperazine rings is 1. The third-order valence-corrected chi connectivity index (χ3v) is 9.40. The summed E-state index contributed by atoms with van der Waals surface area (Å²) >= 11 is 6.12. The van der Waals surface area contributed by atoms with E-state index in [1.165, 1.54) is 22.6 Å². The van der Waals surface area contributed by atoms with E-state index >= 15 is 0 Å². The third kappa shape index (κ3) is 5.97. The normalized spacial score (nSPS) is 17.4. The number of morpholine rings is 1. The Morgan fingerprint density at radius 2 is 1.77 bits per heavy atom. The molecule has 3 aromatic rings. The molecule has 0 unspecified atom stereocenters. The van der Waals surface area contributed by atoms with Crippen LogP contribution >= 0.6 is 11.6 Å². The van der Waals surface area contributed by atoms with Crippen molar-refractivity contribution in [3.05, 3.63) is 69.5 Å². The molecule has 0 radical (unpaired) electrons. The number of halogens is 1. The van der Waals surface area contributed by atoms with Gasteiger partial charge in [0.1, 0.15) is 5.56 Å². The number of amides is 1. The summed E-state index contributed by atoms with van der Waals surface area (Å²) in [5.74, 6) is -0.475. The molecule has 1 N–H and O–H groups in total. The lowest BCUT2D eigenvalue weighted by molar-refractivity contribution is 0.0730. The highest BCUT2D eigenvalue weighted by Gasteiger charge is 2.27. The van der Waals surface area contributed by atoms with Gasteiger partial charge in [0.25, 0.3) is 5.91 Å². The zero-order chi connectivity index (χ0) is 27.6. The van der Waals surface area contributed by atoms with Gasteiger partial charge in [0.15, 0.2) is 0 Å². The largest absolute Gasteiger partial charge is 0.379 e. The zero-order valence-electron chi connectivity index (χ0n) is 21.8. The topological polar surface area (TPSA) is 104 Å². The molecule has 1 aromatic heterocycles. The fraction of sp³-hybridized carbons (Fsp3) is 0.407.